The Morgan fingerprint density at radius 1 is 1.10 bits per heavy atom. The SMILES string of the molecule is CC(C)S(=O)(=O)C(C)C(=O)NNc1c(Cl)cc(Cl)cc1Cl. The van der Waals surface area contributed by atoms with E-state index in [-0.39, 0.29) is 15.7 Å². The number of halogens is 3. The minimum absolute atomic E-state index is 0.201. The standard InChI is InChI=1S/C12H15Cl3N2O3S/c1-6(2)21(19,20)7(3)12(18)17-16-11-9(14)4-8(13)5-10(11)15/h4-7,16H,1-3H3,(H,17,18). The van der Waals surface area contributed by atoms with Gasteiger partial charge in [0.1, 0.15) is 5.25 Å². The van der Waals surface area contributed by atoms with Crippen LogP contribution in [0.1, 0.15) is 20.8 Å². The Morgan fingerprint density at radius 3 is 2.00 bits per heavy atom. The molecule has 1 aromatic carbocycles. The zero-order chi connectivity index (χ0) is 16.4. The highest BCUT2D eigenvalue weighted by atomic mass is 35.5. The smallest absolute Gasteiger partial charge is 0.256 e. The van der Waals surface area contributed by atoms with Gasteiger partial charge in [-0.15, -0.1) is 0 Å². The maximum Gasteiger partial charge on any atom is 0.256 e. The lowest BCUT2D eigenvalue weighted by Crippen LogP contribution is -2.43. The Kier molecular flexibility index (Phi) is 6.16. The van der Waals surface area contributed by atoms with E-state index in [2.05, 4.69) is 10.9 Å². The van der Waals surface area contributed by atoms with Gasteiger partial charge in [-0.25, -0.2) is 8.42 Å². The lowest BCUT2D eigenvalue weighted by atomic mass is 10.3. The van der Waals surface area contributed by atoms with Gasteiger partial charge < -0.3 is 0 Å². The zero-order valence-electron chi connectivity index (χ0n) is 11.6. The second kappa shape index (κ2) is 7.05. The van der Waals surface area contributed by atoms with Crippen LogP contribution in [0.3, 0.4) is 0 Å². The van der Waals surface area contributed by atoms with Crippen LogP contribution >= 0.6 is 34.8 Å². The van der Waals surface area contributed by atoms with Crippen molar-refractivity contribution in [3.63, 3.8) is 0 Å². The first-order chi connectivity index (χ1) is 9.57. The quantitative estimate of drug-likeness (QED) is 0.777. The number of rotatable bonds is 5. The van der Waals surface area contributed by atoms with E-state index in [1.54, 1.807) is 0 Å². The normalized spacial score (nSPS) is 13.1. The maximum absolute atomic E-state index is 11.9. The molecule has 118 valence electrons. The van der Waals surface area contributed by atoms with Crippen LogP contribution < -0.4 is 10.9 Å². The lowest BCUT2D eigenvalue weighted by molar-refractivity contribution is -0.119. The Labute approximate surface area is 138 Å². The van der Waals surface area contributed by atoms with Crippen molar-refractivity contribution < 1.29 is 13.2 Å². The minimum atomic E-state index is -3.55. The number of hydrogen-bond donors (Lipinski definition) is 2. The highest BCUT2D eigenvalue weighted by Gasteiger charge is 2.30. The molecule has 0 fully saturated rings. The number of benzene rings is 1. The van der Waals surface area contributed by atoms with Crippen LogP contribution in [-0.4, -0.2) is 24.8 Å². The summed E-state index contributed by atoms with van der Waals surface area (Å²) in [7, 11) is -3.55. The fourth-order valence-corrected chi connectivity index (χ4v) is 3.53. The number of carbonyl (C=O) groups excluding carboxylic acids is 1. The summed E-state index contributed by atoms with van der Waals surface area (Å²) >= 11 is 17.6. The van der Waals surface area contributed by atoms with E-state index in [9.17, 15) is 13.2 Å². The number of amides is 1. The molecule has 0 aromatic heterocycles. The Hall–Kier alpha value is -0.690. The molecule has 0 aliphatic rings. The van der Waals surface area contributed by atoms with Crippen molar-refractivity contribution in [1.29, 1.82) is 0 Å². The second-order valence-electron chi connectivity index (χ2n) is 4.64. The molecule has 9 heteroatoms. The van der Waals surface area contributed by atoms with Crippen molar-refractivity contribution in [2.24, 2.45) is 0 Å². The number of sulfone groups is 1. The maximum atomic E-state index is 11.9. The number of anilines is 1. The molecule has 1 amide bonds. The molecular weight excluding hydrogens is 359 g/mol. The van der Waals surface area contributed by atoms with Crippen molar-refractivity contribution in [2.75, 3.05) is 5.43 Å². The minimum Gasteiger partial charge on any atom is -0.296 e. The van der Waals surface area contributed by atoms with E-state index in [0.29, 0.717) is 5.02 Å². The molecule has 0 radical (unpaired) electrons. The molecule has 2 N–H and O–H groups in total. The van der Waals surface area contributed by atoms with Crippen molar-refractivity contribution in [3.8, 4) is 0 Å². The Morgan fingerprint density at radius 2 is 1.57 bits per heavy atom. The van der Waals surface area contributed by atoms with Crippen LogP contribution in [0.2, 0.25) is 15.1 Å². The average molecular weight is 374 g/mol. The van der Waals surface area contributed by atoms with E-state index in [1.165, 1.54) is 32.9 Å². The molecule has 0 bridgehead atoms. The first-order valence-corrected chi connectivity index (χ1v) is 8.74. The lowest BCUT2D eigenvalue weighted by Gasteiger charge is -2.17. The summed E-state index contributed by atoms with van der Waals surface area (Å²) in [5.41, 5.74) is 5.04. The number of nitrogens with one attached hydrogen (secondary N) is 2. The van der Waals surface area contributed by atoms with Gasteiger partial charge in [-0.1, -0.05) is 34.8 Å². The van der Waals surface area contributed by atoms with Gasteiger partial charge in [-0.3, -0.25) is 15.6 Å². The van der Waals surface area contributed by atoms with Crippen molar-refractivity contribution in [1.82, 2.24) is 5.43 Å². The first-order valence-electron chi connectivity index (χ1n) is 6.00. The molecule has 0 spiro atoms. The predicted octanol–water partition coefficient (Wildman–Crippen LogP) is 3.30. The van der Waals surface area contributed by atoms with Crippen molar-refractivity contribution in [2.45, 2.75) is 31.3 Å². The van der Waals surface area contributed by atoms with Gasteiger partial charge in [0.05, 0.1) is 21.0 Å². The van der Waals surface area contributed by atoms with Gasteiger partial charge in [0.2, 0.25) is 0 Å². The summed E-state index contributed by atoms with van der Waals surface area (Å²) in [6.45, 7) is 4.34. The molecule has 0 aliphatic carbocycles. The molecule has 21 heavy (non-hydrogen) atoms. The van der Waals surface area contributed by atoms with E-state index < -0.39 is 26.2 Å². The van der Waals surface area contributed by atoms with Crippen LogP contribution in [0.25, 0.3) is 0 Å². The van der Waals surface area contributed by atoms with Crippen LogP contribution in [0.15, 0.2) is 12.1 Å². The van der Waals surface area contributed by atoms with Crippen molar-refractivity contribution >= 4 is 56.2 Å². The van der Waals surface area contributed by atoms with Crippen LogP contribution in [0.4, 0.5) is 5.69 Å². The molecule has 1 unspecified atom stereocenters. The summed E-state index contributed by atoms with van der Waals surface area (Å²) in [5, 5.41) is -1.10. The Bertz CT molecular complexity index is 624. The average Bonchev–Trinajstić information content (AvgIpc) is 2.35. The third kappa shape index (κ3) is 4.39. The number of hydrazine groups is 1. The van der Waals surface area contributed by atoms with Crippen LogP contribution in [-0.2, 0) is 14.6 Å². The molecule has 0 aliphatic heterocycles. The number of hydrogen-bond acceptors (Lipinski definition) is 4. The summed E-state index contributed by atoms with van der Waals surface area (Å²) in [6, 6.07) is 2.88. The van der Waals surface area contributed by atoms with E-state index >= 15 is 0 Å². The predicted molar refractivity (Wildman–Crippen MR) is 86.8 cm³/mol. The fraction of sp³-hybridized carbons (Fsp3) is 0.417. The van der Waals surface area contributed by atoms with Gasteiger partial charge in [-0.05, 0) is 32.9 Å². The third-order valence-corrected chi connectivity index (χ3v) is 6.16. The molecule has 1 aromatic rings. The second-order valence-corrected chi connectivity index (χ2v) is 8.72. The molecule has 0 heterocycles. The molecular formula is C12H15Cl3N2O3S. The zero-order valence-corrected chi connectivity index (χ0v) is 14.7. The van der Waals surface area contributed by atoms with Crippen molar-refractivity contribution in [3.05, 3.63) is 27.2 Å². The Balaban J connectivity index is 2.83. The molecule has 1 rings (SSSR count). The molecule has 5 nitrogen and oxygen atoms in total. The third-order valence-electron chi connectivity index (χ3n) is 2.84. The highest BCUT2D eigenvalue weighted by molar-refractivity contribution is 7.93. The van der Waals surface area contributed by atoms with Gasteiger partial charge in [0, 0.05) is 5.02 Å². The first kappa shape index (κ1) is 18.4. The van der Waals surface area contributed by atoms with Gasteiger partial charge in [0.25, 0.3) is 5.91 Å². The van der Waals surface area contributed by atoms with E-state index in [1.807, 2.05) is 0 Å². The van der Waals surface area contributed by atoms with E-state index in [0.717, 1.165) is 0 Å². The number of carbonyl (C=O) groups is 1. The summed E-state index contributed by atoms with van der Waals surface area (Å²) in [5.74, 6) is -0.703. The van der Waals surface area contributed by atoms with Gasteiger partial charge >= 0.3 is 0 Å². The molecule has 0 saturated heterocycles. The topological polar surface area (TPSA) is 75.3 Å². The summed E-state index contributed by atoms with van der Waals surface area (Å²) in [6.07, 6.45) is 0. The molecule has 1 atom stereocenters. The van der Waals surface area contributed by atoms with Gasteiger partial charge in [0.15, 0.2) is 9.84 Å². The van der Waals surface area contributed by atoms with E-state index in [4.69, 9.17) is 34.8 Å². The van der Waals surface area contributed by atoms with Gasteiger partial charge in [-0.2, -0.15) is 0 Å². The fourth-order valence-electron chi connectivity index (χ4n) is 1.44. The van der Waals surface area contributed by atoms with Crippen LogP contribution in [0, 0.1) is 0 Å². The monoisotopic (exact) mass is 372 g/mol. The largest absolute Gasteiger partial charge is 0.296 e. The van der Waals surface area contributed by atoms with Crippen LogP contribution in [0.5, 0.6) is 0 Å². The summed E-state index contributed by atoms with van der Waals surface area (Å²) < 4.78 is 23.8. The summed E-state index contributed by atoms with van der Waals surface area (Å²) in [4.78, 5) is 11.9. The highest BCUT2D eigenvalue weighted by Crippen LogP contribution is 2.33. The molecule has 0 saturated carbocycles.